The third kappa shape index (κ3) is 7.22. The molecule has 0 bridgehead atoms. The predicted molar refractivity (Wildman–Crippen MR) is 96.0 cm³/mol. The minimum Gasteiger partial charge on any atom is -0.469 e. The van der Waals surface area contributed by atoms with E-state index in [-0.39, 0.29) is 30.4 Å². The summed E-state index contributed by atoms with van der Waals surface area (Å²) in [6, 6.07) is 5.93. The number of halogens is 1. The van der Waals surface area contributed by atoms with Crippen LogP contribution in [0.15, 0.2) is 24.3 Å². The zero-order valence-electron chi connectivity index (χ0n) is 15.5. The number of hydrogen-bond donors (Lipinski definition) is 0. The van der Waals surface area contributed by atoms with E-state index in [4.69, 9.17) is 0 Å². The molecule has 25 heavy (non-hydrogen) atoms. The van der Waals surface area contributed by atoms with Crippen LogP contribution in [-0.2, 0) is 9.53 Å². The van der Waals surface area contributed by atoms with Crippen LogP contribution in [0.3, 0.4) is 0 Å². The Bertz CT molecular complexity index is 547. The maximum absolute atomic E-state index is 13.9. The van der Waals surface area contributed by atoms with Crippen LogP contribution in [-0.4, -0.2) is 61.5 Å². The molecule has 0 saturated carbocycles. The summed E-state index contributed by atoms with van der Waals surface area (Å²) >= 11 is 0. The fraction of sp³-hybridized carbons (Fsp3) is 0.579. The molecule has 1 aromatic rings. The van der Waals surface area contributed by atoms with Crippen molar-refractivity contribution >= 4 is 11.9 Å². The van der Waals surface area contributed by atoms with E-state index in [1.807, 2.05) is 0 Å². The molecule has 0 aliphatic heterocycles. The largest absolute Gasteiger partial charge is 0.469 e. The monoisotopic (exact) mass is 352 g/mol. The van der Waals surface area contributed by atoms with Crippen molar-refractivity contribution in [1.82, 2.24) is 9.80 Å². The van der Waals surface area contributed by atoms with Crippen LogP contribution in [0.4, 0.5) is 4.39 Å². The normalized spacial score (nSPS) is 10.8. The quantitative estimate of drug-likeness (QED) is 0.454. The number of nitrogens with zero attached hydrogens (tertiary/aromatic N) is 2. The fourth-order valence-corrected chi connectivity index (χ4v) is 2.63. The van der Waals surface area contributed by atoms with Crippen molar-refractivity contribution in [2.45, 2.75) is 33.1 Å². The van der Waals surface area contributed by atoms with Gasteiger partial charge in [0.25, 0.3) is 5.91 Å². The number of rotatable bonds is 11. The van der Waals surface area contributed by atoms with E-state index < -0.39 is 5.82 Å². The molecule has 0 fully saturated rings. The zero-order chi connectivity index (χ0) is 18.7. The average Bonchev–Trinajstić information content (AvgIpc) is 2.63. The van der Waals surface area contributed by atoms with E-state index in [0.29, 0.717) is 6.54 Å². The summed E-state index contributed by atoms with van der Waals surface area (Å²) in [4.78, 5) is 27.9. The number of methoxy groups -OCH3 is 1. The van der Waals surface area contributed by atoms with E-state index in [0.717, 1.165) is 32.5 Å². The lowest BCUT2D eigenvalue weighted by molar-refractivity contribution is -0.140. The highest BCUT2D eigenvalue weighted by molar-refractivity contribution is 5.94. The minimum atomic E-state index is -0.543. The molecule has 0 atom stereocenters. The van der Waals surface area contributed by atoms with Crippen molar-refractivity contribution in [3.63, 3.8) is 0 Å². The maximum atomic E-state index is 13.9. The summed E-state index contributed by atoms with van der Waals surface area (Å²) in [7, 11) is 1.31. The van der Waals surface area contributed by atoms with Crippen molar-refractivity contribution in [3.05, 3.63) is 35.6 Å². The van der Waals surface area contributed by atoms with Crippen LogP contribution in [0.5, 0.6) is 0 Å². The van der Waals surface area contributed by atoms with Crippen molar-refractivity contribution in [1.29, 1.82) is 0 Å². The maximum Gasteiger partial charge on any atom is 0.307 e. The first kappa shape index (κ1) is 21.1. The van der Waals surface area contributed by atoms with Crippen molar-refractivity contribution in [2.75, 3.05) is 39.8 Å². The Balaban J connectivity index is 2.67. The van der Waals surface area contributed by atoms with Crippen molar-refractivity contribution < 1.29 is 18.7 Å². The second-order valence-electron chi connectivity index (χ2n) is 5.83. The molecule has 0 unspecified atom stereocenters. The highest BCUT2D eigenvalue weighted by atomic mass is 19.1. The molecule has 5 nitrogen and oxygen atoms in total. The molecule has 0 N–H and O–H groups in total. The molecular weight excluding hydrogens is 323 g/mol. The number of benzene rings is 1. The summed E-state index contributed by atoms with van der Waals surface area (Å²) in [5.74, 6) is -1.31. The molecule has 0 radical (unpaired) electrons. The topological polar surface area (TPSA) is 49.9 Å². The van der Waals surface area contributed by atoms with Gasteiger partial charge in [-0.2, -0.15) is 0 Å². The van der Waals surface area contributed by atoms with Crippen LogP contribution in [0.25, 0.3) is 0 Å². The van der Waals surface area contributed by atoms with Gasteiger partial charge in [0, 0.05) is 13.1 Å². The van der Waals surface area contributed by atoms with E-state index in [1.165, 1.54) is 24.1 Å². The molecule has 0 aliphatic carbocycles. The third-order valence-corrected chi connectivity index (χ3v) is 4.25. The number of unbranched alkanes of at least 4 members (excludes halogenated alkanes) is 1. The highest BCUT2D eigenvalue weighted by Gasteiger charge is 2.19. The van der Waals surface area contributed by atoms with Gasteiger partial charge in [-0.05, 0) is 44.6 Å². The summed E-state index contributed by atoms with van der Waals surface area (Å²) in [6.07, 6.45) is 1.85. The van der Waals surface area contributed by atoms with Gasteiger partial charge in [-0.15, -0.1) is 0 Å². The molecule has 1 rings (SSSR count). The molecule has 0 spiro atoms. The second kappa shape index (κ2) is 11.6. The number of hydrogen-bond acceptors (Lipinski definition) is 4. The fourth-order valence-electron chi connectivity index (χ4n) is 2.63. The van der Waals surface area contributed by atoms with E-state index >= 15 is 0 Å². The van der Waals surface area contributed by atoms with Crippen molar-refractivity contribution in [3.8, 4) is 0 Å². The first-order valence-corrected chi connectivity index (χ1v) is 8.86. The first-order valence-electron chi connectivity index (χ1n) is 8.86. The van der Waals surface area contributed by atoms with E-state index in [1.54, 1.807) is 12.1 Å². The Kier molecular flexibility index (Phi) is 9.77. The van der Waals surface area contributed by atoms with Gasteiger partial charge in [-0.25, -0.2) is 4.39 Å². The van der Waals surface area contributed by atoms with Gasteiger partial charge < -0.3 is 14.5 Å². The summed E-state index contributed by atoms with van der Waals surface area (Å²) in [5, 5.41) is 0. The second-order valence-corrected chi connectivity index (χ2v) is 5.83. The molecule has 1 amide bonds. The SMILES string of the molecule is CCN(CC)CCCCN(CCC(=O)OC)C(=O)c1ccccc1F. The number of esters is 1. The summed E-state index contributed by atoms with van der Waals surface area (Å²) in [6.45, 7) is 7.91. The Morgan fingerprint density at radius 3 is 2.28 bits per heavy atom. The van der Waals surface area contributed by atoms with Gasteiger partial charge >= 0.3 is 5.97 Å². The molecule has 1 aromatic carbocycles. The van der Waals surface area contributed by atoms with Crippen molar-refractivity contribution in [2.24, 2.45) is 0 Å². The minimum absolute atomic E-state index is 0.0381. The Labute approximate surface area is 149 Å². The van der Waals surface area contributed by atoms with Crippen LogP contribution in [0.1, 0.15) is 43.5 Å². The molecule has 0 aromatic heterocycles. The van der Waals surface area contributed by atoms with Crippen LogP contribution in [0, 0.1) is 5.82 Å². The van der Waals surface area contributed by atoms with E-state index in [2.05, 4.69) is 23.5 Å². The average molecular weight is 352 g/mol. The Morgan fingerprint density at radius 2 is 1.68 bits per heavy atom. The number of carbonyl (C=O) groups excluding carboxylic acids is 2. The highest BCUT2D eigenvalue weighted by Crippen LogP contribution is 2.12. The van der Waals surface area contributed by atoms with Gasteiger partial charge in [0.2, 0.25) is 0 Å². The molecular formula is C19H29FN2O3. The molecule has 6 heteroatoms. The molecule has 0 heterocycles. The van der Waals surface area contributed by atoms with Crippen LogP contribution >= 0.6 is 0 Å². The Morgan fingerprint density at radius 1 is 1.04 bits per heavy atom. The third-order valence-electron chi connectivity index (χ3n) is 4.25. The lowest BCUT2D eigenvalue weighted by Crippen LogP contribution is -2.35. The standard InChI is InChI=1S/C19H29FN2O3/c1-4-21(5-2)13-8-9-14-22(15-12-18(23)25-3)19(24)16-10-6-7-11-17(16)20/h6-7,10-11H,4-5,8-9,12-15H2,1-3H3. The van der Waals surface area contributed by atoms with E-state index in [9.17, 15) is 14.0 Å². The molecule has 140 valence electrons. The molecule has 0 aliphatic rings. The number of ether oxygens (including phenoxy) is 1. The number of carbonyl (C=O) groups is 2. The van der Waals surface area contributed by atoms with Gasteiger partial charge in [0.15, 0.2) is 0 Å². The van der Waals surface area contributed by atoms with Gasteiger partial charge in [-0.1, -0.05) is 26.0 Å². The predicted octanol–water partition coefficient (Wildman–Crippen LogP) is 2.95. The molecule has 0 saturated heterocycles. The van der Waals surface area contributed by atoms with Gasteiger partial charge in [-0.3, -0.25) is 9.59 Å². The first-order chi connectivity index (χ1) is 12.0. The summed E-state index contributed by atoms with van der Waals surface area (Å²) < 4.78 is 18.5. The van der Waals surface area contributed by atoms with Crippen LogP contribution < -0.4 is 0 Å². The zero-order valence-corrected chi connectivity index (χ0v) is 15.5. The lowest BCUT2D eigenvalue weighted by atomic mass is 10.1. The smallest absolute Gasteiger partial charge is 0.307 e. The van der Waals surface area contributed by atoms with Crippen LogP contribution in [0.2, 0.25) is 0 Å². The number of amides is 1. The van der Waals surface area contributed by atoms with Gasteiger partial charge in [0.05, 0.1) is 19.1 Å². The lowest BCUT2D eigenvalue weighted by Gasteiger charge is -2.24. The Hall–Kier alpha value is -1.95. The summed E-state index contributed by atoms with van der Waals surface area (Å²) in [5.41, 5.74) is 0.0381. The van der Waals surface area contributed by atoms with Gasteiger partial charge in [0.1, 0.15) is 5.82 Å².